The van der Waals surface area contributed by atoms with E-state index in [0.29, 0.717) is 6.04 Å². The van der Waals surface area contributed by atoms with Crippen molar-refractivity contribution in [2.75, 3.05) is 12.8 Å². The van der Waals surface area contributed by atoms with Crippen LogP contribution in [-0.2, 0) is 0 Å². The Morgan fingerprint density at radius 2 is 1.94 bits per heavy atom. The van der Waals surface area contributed by atoms with Crippen LogP contribution in [0.4, 0.5) is 0 Å². The Morgan fingerprint density at radius 3 is 2.56 bits per heavy atom. The summed E-state index contributed by atoms with van der Waals surface area (Å²) in [6.07, 6.45) is 1.96. The lowest BCUT2D eigenvalue weighted by Crippen LogP contribution is -2.18. The number of aryl methyl sites for hydroxylation is 1. The molecule has 1 atom stereocenters. The predicted molar refractivity (Wildman–Crippen MR) is 77.9 cm³/mol. The molecule has 1 aromatic heterocycles. The lowest BCUT2D eigenvalue weighted by Gasteiger charge is -2.16. The number of rotatable bonds is 5. The van der Waals surface area contributed by atoms with Gasteiger partial charge in [0.2, 0.25) is 0 Å². The summed E-state index contributed by atoms with van der Waals surface area (Å²) in [5.41, 5.74) is 2.30. The fourth-order valence-electron chi connectivity index (χ4n) is 1.73. The third kappa shape index (κ3) is 3.59. The summed E-state index contributed by atoms with van der Waals surface area (Å²) in [4.78, 5) is 5.66. The normalized spacial score (nSPS) is 12.3. The Hall–Kier alpha value is -1.32. The van der Waals surface area contributed by atoms with E-state index >= 15 is 0 Å². The van der Waals surface area contributed by atoms with Crippen molar-refractivity contribution < 1.29 is 0 Å². The number of pyridine rings is 1. The maximum atomic E-state index is 4.35. The van der Waals surface area contributed by atoms with Gasteiger partial charge in [-0.3, -0.25) is 4.98 Å². The number of hydrogen-bond acceptors (Lipinski definition) is 3. The van der Waals surface area contributed by atoms with Gasteiger partial charge in [0, 0.05) is 28.6 Å². The third-order valence-electron chi connectivity index (χ3n) is 2.84. The van der Waals surface area contributed by atoms with Gasteiger partial charge in [-0.1, -0.05) is 24.3 Å². The molecule has 0 amide bonds. The van der Waals surface area contributed by atoms with Gasteiger partial charge in [-0.15, -0.1) is 11.8 Å². The van der Waals surface area contributed by atoms with Gasteiger partial charge in [-0.05, 0) is 37.7 Å². The molecule has 3 heteroatoms. The third-order valence-corrected chi connectivity index (χ3v) is 3.95. The largest absolute Gasteiger partial charge is 0.312 e. The summed E-state index contributed by atoms with van der Waals surface area (Å²) in [5, 5.41) is 3.35. The van der Waals surface area contributed by atoms with Crippen LogP contribution in [0.3, 0.4) is 0 Å². The number of nitrogens with one attached hydrogen (secondary N) is 1. The Bertz CT molecular complexity index is 468. The molecule has 0 bridgehead atoms. The van der Waals surface area contributed by atoms with E-state index < -0.39 is 0 Å². The van der Waals surface area contributed by atoms with E-state index in [4.69, 9.17) is 0 Å². The molecule has 2 nitrogen and oxygen atoms in total. The van der Waals surface area contributed by atoms with Crippen LogP contribution < -0.4 is 5.32 Å². The van der Waals surface area contributed by atoms with Crippen LogP contribution in [0.1, 0.15) is 17.3 Å². The maximum Gasteiger partial charge on any atom is 0.0428 e. The van der Waals surface area contributed by atoms with Crippen LogP contribution in [-0.4, -0.2) is 17.8 Å². The van der Waals surface area contributed by atoms with Crippen molar-refractivity contribution in [3.05, 3.63) is 59.9 Å². The van der Waals surface area contributed by atoms with Crippen molar-refractivity contribution in [2.45, 2.75) is 17.9 Å². The molecule has 1 aromatic carbocycles. The summed E-state index contributed by atoms with van der Waals surface area (Å²) in [6, 6.07) is 15.0. The molecular formula is C15H18N2S. The van der Waals surface area contributed by atoms with Crippen molar-refractivity contribution >= 4 is 11.8 Å². The minimum absolute atomic E-state index is 0.336. The smallest absolute Gasteiger partial charge is 0.0428 e. The molecule has 0 saturated heterocycles. The zero-order valence-electron chi connectivity index (χ0n) is 10.8. The molecular weight excluding hydrogens is 240 g/mol. The Morgan fingerprint density at radius 1 is 1.17 bits per heavy atom. The molecule has 2 rings (SSSR count). The Balaban J connectivity index is 1.99. The fraction of sp³-hybridized carbons (Fsp3) is 0.267. The first-order valence-corrected chi connectivity index (χ1v) is 7.06. The molecule has 1 heterocycles. The molecule has 2 aromatic rings. The second kappa shape index (κ2) is 6.57. The molecule has 1 unspecified atom stereocenters. The molecule has 0 aliphatic heterocycles. The highest BCUT2D eigenvalue weighted by atomic mass is 32.2. The number of hydrogen-bond donors (Lipinski definition) is 1. The molecule has 94 valence electrons. The van der Waals surface area contributed by atoms with Crippen molar-refractivity contribution in [3.63, 3.8) is 0 Å². The summed E-state index contributed by atoms with van der Waals surface area (Å²) in [6.45, 7) is 2.01. The minimum atomic E-state index is 0.336. The van der Waals surface area contributed by atoms with Gasteiger partial charge in [-0.25, -0.2) is 0 Å². The van der Waals surface area contributed by atoms with Gasteiger partial charge < -0.3 is 5.32 Å². The summed E-state index contributed by atoms with van der Waals surface area (Å²) in [5.74, 6) is 1.01. The van der Waals surface area contributed by atoms with E-state index in [-0.39, 0.29) is 0 Å². The van der Waals surface area contributed by atoms with Crippen LogP contribution in [0.25, 0.3) is 0 Å². The quantitative estimate of drug-likeness (QED) is 0.832. The SMILES string of the molecule is CNC(CSc1ccccc1)c1ccc(C)nc1. The number of thioether (sulfide) groups is 1. The van der Waals surface area contributed by atoms with Crippen molar-refractivity contribution in [1.82, 2.24) is 10.3 Å². The van der Waals surface area contributed by atoms with Crippen LogP contribution >= 0.6 is 11.8 Å². The highest BCUT2D eigenvalue weighted by Gasteiger charge is 2.09. The van der Waals surface area contributed by atoms with Crippen molar-refractivity contribution in [2.24, 2.45) is 0 Å². The Labute approximate surface area is 113 Å². The zero-order valence-corrected chi connectivity index (χ0v) is 11.6. The fourth-order valence-corrected chi connectivity index (χ4v) is 2.80. The van der Waals surface area contributed by atoms with Gasteiger partial charge in [0.1, 0.15) is 0 Å². The van der Waals surface area contributed by atoms with Crippen LogP contribution in [0.15, 0.2) is 53.6 Å². The second-order valence-electron chi connectivity index (χ2n) is 4.20. The summed E-state index contributed by atoms with van der Waals surface area (Å²) >= 11 is 1.86. The first-order chi connectivity index (χ1) is 8.79. The molecule has 0 radical (unpaired) electrons. The van der Waals surface area contributed by atoms with Gasteiger partial charge in [0.15, 0.2) is 0 Å². The van der Waals surface area contributed by atoms with Crippen molar-refractivity contribution in [3.8, 4) is 0 Å². The van der Waals surface area contributed by atoms with E-state index in [2.05, 4.69) is 46.7 Å². The first kappa shape index (κ1) is 13.1. The highest BCUT2D eigenvalue weighted by molar-refractivity contribution is 7.99. The molecule has 0 aliphatic carbocycles. The number of benzene rings is 1. The first-order valence-electron chi connectivity index (χ1n) is 6.07. The van der Waals surface area contributed by atoms with Gasteiger partial charge in [0.05, 0.1) is 0 Å². The van der Waals surface area contributed by atoms with Crippen molar-refractivity contribution in [1.29, 1.82) is 0 Å². The van der Waals surface area contributed by atoms with E-state index in [1.807, 2.05) is 38.0 Å². The average Bonchev–Trinajstić information content (AvgIpc) is 2.42. The highest BCUT2D eigenvalue weighted by Crippen LogP contribution is 2.24. The number of nitrogens with zero attached hydrogens (tertiary/aromatic N) is 1. The predicted octanol–water partition coefficient (Wildman–Crippen LogP) is 3.44. The van der Waals surface area contributed by atoms with E-state index in [0.717, 1.165) is 11.4 Å². The zero-order chi connectivity index (χ0) is 12.8. The topological polar surface area (TPSA) is 24.9 Å². The van der Waals surface area contributed by atoms with Crippen LogP contribution in [0.5, 0.6) is 0 Å². The minimum Gasteiger partial charge on any atom is -0.312 e. The van der Waals surface area contributed by atoms with Gasteiger partial charge >= 0.3 is 0 Å². The molecule has 1 N–H and O–H groups in total. The Kier molecular flexibility index (Phi) is 4.79. The maximum absolute atomic E-state index is 4.35. The molecule has 0 saturated carbocycles. The lowest BCUT2D eigenvalue weighted by molar-refractivity contribution is 0.658. The monoisotopic (exact) mass is 258 g/mol. The molecule has 0 fully saturated rings. The van der Waals surface area contributed by atoms with Gasteiger partial charge in [-0.2, -0.15) is 0 Å². The van der Waals surface area contributed by atoms with E-state index in [9.17, 15) is 0 Å². The van der Waals surface area contributed by atoms with E-state index in [1.54, 1.807) is 0 Å². The summed E-state index contributed by atoms with van der Waals surface area (Å²) in [7, 11) is 2.00. The number of aromatic nitrogens is 1. The molecule has 18 heavy (non-hydrogen) atoms. The standard InChI is InChI=1S/C15H18N2S/c1-12-8-9-13(10-17-12)15(16-2)11-18-14-6-4-3-5-7-14/h3-10,15-16H,11H2,1-2H3. The molecule has 0 aliphatic rings. The average molecular weight is 258 g/mol. The second-order valence-corrected chi connectivity index (χ2v) is 5.29. The van der Waals surface area contributed by atoms with Gasteiger partial charge in [0.25, 0.3) is 0 Å². The lowest BCUT2D eigenvalue weighted by atomic mass is 10.1. The summed E-state index contributed by atoms with van der Waals surface area (Å²) < 4.78 is 0. The van der Waals surface area contributed by atoms with Crippen LogP contribution in [0, 0.1) is 6.92 Å². The van der Waals surface area contributed by atoms with Crippen LogP contribution in [0.2, 0.25) is 0 Å². The molecule has 0 spiro atoms. The van der Waals surface area contributed by atoms with E-state index in [1.165, 1.54) is 10.5 Å².